The number of nitrogens with one attached hydrogen (secondary N) is 1. The van der Waals surface area contributed by atoms with Crippen molar-refractivity contribution in [2.45, 2.75) is 6.92 Å². The van der Waals surface area contributed by atoms with Crippen LogP contribution in [0.5, 0.6) is 0 Å². The zero-order chi connectivity index (χ0) is 9.14. The van der Waals surface area contributed by atoms with E-state index in [4.69, 9.17) is 0 Å². The predicted octanol–water partition coefficient (Wildman–Crippen LogP) is 3.01. The number of anilines is 1. The molecule has 0 aliphatic heterocycles. The van der Waals surface area contributed by atoms with Gasteiger partial charge in [0.15, 0.2) is 0 Å². The van der Waals surface area contributed by atoms with Crippen molar-refractivity contribution in [2.75, 3.05) is 5.32 Å². The van der Waals surface area contributed by atoms with E-state index in [1.165, 1.54) is 6.92 Å². The Bertz CT molecular complexity index is 294. The van der Waals surface area contributed by atoms with Crippen LogP contribution in [-0.4, -0.2) is 5.91 Å². The summed E-state index contributed by atoms with van der Waals surface area (Å²) >= 11 is 5.54. The Hall–Kier alpha value is -0.100. The fraction of sp³-hybridized carbons (Fsp3) is 0.125. The zero-order valence-electron chi connectivity index (χ0n) is 6.40. The first-order valence-corrected chi connectivity index (χ1v) is 5.19. The average Bonchev–Trinajstić information content (AvgIpc) is 1.81. The van der Waals surface area contributed by atoms with Crippen LogP contribution in [-0.2, 0) is 4.79 Å². The van der Waals surface area contributed by atoms with Crippen LogP contribution in [0.4, 0.5) is 5.69 Å². The summed E-state index contributed by atoms with van der Waals surface area (Å²) in [6.07, 6.45) is 0. The molecule has 0 heterocycles. The molecule has 0 radical (unpaired) electrons. The largest absolute Gasteiger partial charge is 0.326 e. The molecule has 64 valence electrons. The van der Waals surface area contributed by atoms with Gasteiger partial charge in [-0.05, 0) is 40.8 Å². The molecule has 0 unspecified atom stereocenters. The van der Waals surface area contributed by atoms with E-state index in [0.717, 1.165) is 13.7 Å². The topological polar surface area (TPSA) is 29.1 Å². The van der Waals surface area contributed by atoms with Crippen LogP contribution >= 0.6 is 38.5 Å². The maximum absolute atomic E-state index is 10.7. The van der Waals surface area contributed by atoms with Gasteiger partial charge in [0.25, 0.3) is 0 Å². The van der Waals surface area contributed by atoms with Gasteiger partial charge >= 0.3 is 0 Å². The van der Waals surface area contributed by atoms with Gasteiger partial charge in [0.1, 0.15) is 0 Å². The van der Waals surface area contributed by atoms with Crippen LogP contribution in [0.15, 0.2) is 22.7 Å². The second-order valence-electron chi connectivity index (χ2n) is 2.34. The summed E-state index contributed by atoms with van der Waals surface area (Å²) in [6, 6.07) is 5.75. The number of halogens is 2. The first-order valence-electron chi connectivity index (χ1n) is 3.31. The molecule has 0 bridgehead atoms. The minimum atomic E-state index is -0.0519. The van der Waals surface area contributed by atoms with Crippen molar-refractivity contribution in [3.63, 3.8) is 0 Å². The van der Waals surface area contributed by atoms with Crippen LogP contribution in [0.25, 0.3) is 0 Å². The molecule has 4 heteroatoms. The molecule has 1 aromatic rings. The highest BCUT2D eigenvalue weighted by Crippen LogP contribution is 2.20. The van der Waals surface area contributed by atoms with E-state index < -0.39 is 0 Å². The zero-order valence-corrected chi connectivity index (χ0v) is 10.1. The van der Waals surface area contributed by atoms with Crippen LogP contribution in [0.2, 0.25) is 0 Å². The lowest BCUT2D eigenvalue weighted by Crippen LogP contribution is -2.05. The van der Waals surface area contributed by atoms with Crippen molar-refractivity contribution < 1.29 is 4.79 Å². The molecule has 2 nitrogen and oxygen atoms in total. The second-order valence-corrected chi connectivity index (χ2v) is 4.50. The van der Waals surface area contributed by atoms with Gasteiger partial charge in [-0.15, -0.1) is 0 Å². The van der Waals surface area contributed by atoms with Gasteiger partial charge in [0.05, 0.1) is 0 Å². The molecule has 0 aromatic heterocycles. The molecular weight excluding hydrogens is 333 g/mol. The Labute approximate surface area is 93.0 Å². The number of amides is 1. The summed E-state index contributed by atoms with van der Waals surface area (Å²) in [5, 5.41) is 2.71. The molecular formula is C8H7BrINO. The summed E-state index contributed by atoms with van der Waals surface area (Å²) < 4.78 is 2.06. The molecule has 1 rings (SSSR count). The Kier molecular flexibility index (Phi) is 3.52. The summed E-state index contributed by atoms with van der Waals surface area (Å²) in [6.45, 7) is 1.49. The van der Waals surface area contributed by atoms with Crippen molar-refractivity contribution in [3.8, 4) is 0 Å². The third kappa shape index (κ3) is 3.10. The van der Waals surface area contributed by atoms with E-state index in [0.29, 0.717) is 0 Å². The lowest BCUT2D eigenvalue weighted by atomic mass is 10.3. The number of benzene rings is 1. The van der Waals surface area contributed by atoms with Crippen LogP contribution in [0.3, 0.4) is 0 Å². The van der Waals surface area contributed by atoms with Crippen LogP contribution in [0.1, 0.15) is 6.92 Å². The fourth-order valence-electron chi connectivity index (χ4n) is 0.829. The van der Waals surface area contributed by atoms with Crippen molar-refractivity contribution >= 4 is 50.1 Å². The summed E-state index contributed by atoms with van der Waals surface area (Å²) in [7, 11) is 0. The van der Waals surface area contributed by atoms with Gasteiger partial charge in [0.2, 0.25) is 5.91 Å². The molecule has 0 aliphatic rings. The molecule has 0 fully saturated rings. The SMILES string of the molecule is CC(=O)Nc1cc(Br)cc(I)c1. The molecule has 0 saturated carbocycles. The Balaban J connectivity index is 2.93. The van der Waals surface area contributed by atoms with Gasteiger partial charge in [-0.25, -0.2) is 0 Å². The monoisotopic (exact) mass is 339 g/mol. The summed E-state index contributed by atoms with van der Waals surface area (Å²) in [5.74, 6) is -0.0519. The predicted molar refractivity (Wildman–Crippen MR) is 61.2 cm³/mol. The third-order valence-corrected chi connectivity index (χ3v) is 2.26. The molecule has 0 atom stereocenters. The minimum absolute atomic E-state index is 0.0519. The van der Waals surface area contributed by atoms with Gasteiger partial charge < -0.3 is 5.32 Å². The number of hydrogen-bond donors (Lipinski definition) is 1. The highest BCUT2D eigenvalue weighted by Gasteiger charge is 1.98. The highest BCUT2D eigenvalue weighted by molar-refractivity contribution is 14.1. The minimum Gasteiger partial charge on any atom is -0.326 e. The third-order valence-electron chi connectivity index (χ3n) is 1.18. The number of rotatable bonds is 1. The number of carbonyl (C=O) groups is 1. The van der Waals surface area contributed by atoms with E-state index in [1.807, 2.05) is 18.2 Å². The summed E-state index contributed by atoms with van der Waals surface area (Å²) in [4.78, 5) is 10.7. The van der Waals surface area contributed by atoms with Crippen LogP contribution in [0, 0.1) is 3.57 Å². The number of hydrogen-bond acceptors (Lipinski definition) is 1. The average molecular weight is 340 g/mol. The van der Waals surface area contributed by atoms with Gasteiger partial charge in [-0.3, -0.25) is 4.79 Å². The molecule has 1 aromatic carbocycles. The maximum Gasteiger partial charge on any atom is 0.221 e. The van der Waals surface area contributed by atoms with Crippen molar-refractivity contribution in [3.05, 3.63) is 26.2 Å². The molecule has 1 N–H and O–H groups in total. The van der Waals surface area contributed by atoms with Crippen molar-refractivity contribution in [1.29, 1.82) is 0 Å². The van der Waals surface area contributed by atoms with E-state index in [2.05, 4.69) is 43.8 Å². The Morgan fingerprint density at radius 1 is 1.50 bits per heavy atom. The maximum atomic E-state index is 10.7. The first-order chi connectivity index (χ1) is 5.58. The van der Waals surface area contributed by atoms with Crippen molar-refractivity contribution in [2.24, 2.45) is 0 Å². The molecule has 12 heavy (non-hydrogen) atoms. The summed E-state index contributed by atoms with van der Waals surface area (Å²) in [5.41, 5.74) is 0.821. The lowest BCUT2D eigenvalue weighted by molar-refractivity contribution is -0.114. The van der Waals surface area contributed by atoms with Gasteiger partial charge in [-0.2, -0.15) is 0 Å². The standard InChI is InChI=1S/C8H7BrINO/c1-5(12)11-8-3-6(9)2-7(10)4-8/h2-4H,1H3,(H,11,12). The Morgan fingerprint density at radius 2 is 2.17 bits per heavy atom. The van der Waals surface area contributed by atoms with E-state index >= 15 is 0 Å². The van der Waals surface area contributed by atoms with E-state index in [9.17, 15) is 4.79 Å². The molecule has 0 spiro atoms. The quantitative estimate of drug-likeness (QED) is 0.783. The Morgan fingerprint density at radius 3 is 2.67 bits per heavy atom. The van der Waals surface area contributed by atoms with E-state index in [1.54, 1.807) is 0 Å². The van der Waals surface area contributed by atoms with E-state index in [-0.39, 0.29) is 5.91 Å². The smallest absolute Gasteiger partial charge is 0.221 e. The second kappa shape index (κ2) is 4.23. The first kappa shape index (κ1) is 9.98. The molecule has 0 aliphatic carbocycles. The molecule has 1 amide bonds. The highest BCUT2D eigenvalue weighted by atomic mass is 127. The number of carbonyl (C=O) groups excluding carboxylic acids is 1. The fourth-order valence-corrected chi connectivity index (χ4v) is 2.42. The lowest BCUT2D eigenvalue weighted by Gasteiger charge is -2.02. The van der Waals surface area contributed by atoms with Crippen molar-refractivity contribution in [1.82, 2.24) is 0 Å². The van der Waals surface area contributed by atoms with Gasteiger partial charge in [-0.1, -0.05) is 15.9 Å². The molecule has 0 saturated heterocycles. The normalized spacial score (nSPS) is 9.58. The van der Waals surface area contributed by atoms with Crippen LogP contribution < -0.4 is 5.32 Å². The van der Waals surface area contributed by atoms with Gasteiger partial charge in [0, 0.05) is 20.7 Å².